The van der Waals surface area contributed by atoms with Gasteiger partial charge in [-0.2, -0.15) is 4.31 Å². The van der Waals surface area contributed by atoms with Gasteiger partial charge in [0, 0.05) is 23.6 Å². The molecule has 4 nitrogen and oxygen atoms in total. The van der Waals surface area contributed by atoms with E-state index in [0.29, 0.717) is 28.4 Å². The van der Waals surface area contributed by atoms with Crippen molar-refractivity contribution in [2.24, 2.45) is 11.7 Å². The van der Waals surface area contributed by atoms with Crippen molar-refractivity contribution in [3.63, 3.8) is 0 Å². The minimum Gasteiger partial charge on any atom is -0.326 e. The molecule has 1 fully saturated rings. The van der Waals surface area contributed by atoms with Gasteiger partial charge in [-0.3, -0.25) is 0 Å². The van der Waals surface area contributed by atoms with Crippen molar-refractivity contribution in [2.75, 3.05) is 6.54 Å². The maximum atomic E-state index is 13.0. The largest absolute Gasteiger partial charge is 0.326 e. The second-order valence-corrected chi connectivity index (χ2v) is 8.69. The summed E-state index contributed by atoms with van der Waals surface area (Å²) in [5.41, 5.74) is 7.42. The number of nitrogens with zero attached hydrogens (tertiary/aromatic N) is 1. The van der Waals surface area contributed by atoms with Crippen molar-refractivity contribution >= 4 is 26.0 Å². The standard InChI is InChI=1S/C15H23BrN2O2S/c1-10-4-5-12(3)18(9-10)21(19,20)14-7-13(8-17)6-11(2)15(14)16/h6-7,10,12H,4-5,8-9,17H2,1-3H3. The van der Waals surface area contributed by atoms with Crippen molar-refractivity contribution in [2.45, 2.75) is 51.1 Å². The van der Waals surface area contributed by atoms with Crippen molar-refractivity contribution in [1.82, 2.24) is 4.31 Å². The van der Waals surface area contributed by atoms with Gasteiger partial charge in [-0.15, -0.1) is 0 Å². The lowest BCUT2D eigenvalue weighted by molar-refractivity contribution is 0.218. The number of piperidine rings is 1. The van der Waals surface area contributed by atoms with Crippen LogP contribution in [0.5, 0.6) is 0 Å². The molecular formula is C15H23BrN2O2S. The van der Waals surface area contributed by atoms with Gasteiger partial charge in [0.15, 0.2) is 0 Å². The molecule has 6 heteroatoms. The van der Waals surface area contributed by atoms with E-state index in [1.54, 1.807) is 10.4 Å². The number of benzene rings is 1. The van der Waals surface area contributed by atoms with Crippen LogP contribution in [0.15, 0.2) is 21.5 Å². The average Bonchev–Trinajstić information content (AvgIpc) is 2.43. The van der Waals surface area contributed by atoms with E-state index in [-0.39, 0.29) is 6.04 Å². The molecule has 0 spiro atoms. The molecule has 1 heterocycles. The van der Waals surface area contributed by atoms with Gasteiger partial charge in [0.05, 0.1) is 4.90 Å². The van der Waals surface area contributed by atoms with E-state index in [1.807, 2.05) is 19.9 Å². The van der Waals surface area contributed by atoms with Crippen LogP contribution in [-0.4, -0.2) is 25.3 Å². The number of hydrogen-bond donors (Lipinski definition) is 1. The molecule has 1 saturated heterocycles. The normalized spacial score (nSPS) is 24.2. The van der Waals surface area contributed by atoms with Crippen LogP contribution in [0.4, 0.5) is 0 Å². The van der Waals surface area contributed by atoms with E-state index in [1.165, 1.54) is 0 Å². The number of nitrogens with two attached hydrogens (primary N) is 1. The van der Waals surface area contributed by atoms with Gasteiger partial charge < -0.3 is 5.73 Å². The van der Waals surface area contributed by atoms with E-state index in [2.05, 4.69) is 22.9 Å². The highest BCUT2D eigenvalue weighted by Gasteiger charge is 2.35. The second-order valence-electron chi connectivity index (χ2n) is 6.04. The molecule has 0 aromatic heterocycles. The summed E-state index contributed by atoms with van der Waals surface area (Å²) in [4.78, 5) is 0.337. The summed E-state index contributed by atoms with van der Waals surface area (Å²) < 4.78 is 28.4. The highest BCUT2D eigenvalue weighted by Crippen LogP contribution is 2.33. The zero-order valence-electron chi connectivity index (χ0n) is 12.8. The lowest BCUT2D eigenvalue weighted by Gasteiger charge is -2.36. The fourth-order valence-electron chi connectivity index (χ4n) is 2.82. The van der Waals surface area contributed by atoms with E-state index in [0.717, 1.165) is 24.0 Å². The Kier molecular flexibility index (Phi) is 5.13. The van der Waals surface area contributed by atoms with E-state index >= 15 is 0 Å². The summed E-state index contributed by atoms with van der Waals surface area (Å²) in [6.07, 6.45) is 1.99. The quantitative estimate of drug-likeness (QED) is 0.883. The molecular weight excluding hydrogens is 352 g/mol. The molecule has 2 N–H and O–H groups in total. The maximum Gasteiger partial charge on any atom is 0.244 e. The molecule has 2 atom stereocenters. The van der Waals surface area contributed by atoms with Crippen LogP contribution in [0.25, 0.3) is 0 Å². The number of hydrogen-bond acceptors (Lipinski definition) is 3. The van der Waals surface area contributed by atoms with E-state index < -0.39 is 10.0 Å². The smallest absolute Gasteiger partial charge is 0.244 e. The van der Waals surface area contributed by atoms with Crippen LogP contribution in [0.3, 0.4) is 0 Å². The minimum absolute atomic E-state index is 0.0416. The summed E-state index contributed by atoms with van der Waals surface area (Å²) in [5.74, 6) is 0.397. The summed E-state index contributed by atoms with van der Waals surface area (Å²) in [5, 5.41) is 0. The Balaban J connectivity index is 2.51. The van der Waals surface area contributed by atoms with Gasteiger partial charge >= 0.3 is 0 Å². The second kappa shape index (κ2) is 6.36. The minimum atomic E-state index is -3.50. The Morgan fingerprint density at radius 1 is 1.33 bits per heavy atom. The first-order valence-electron chi connectivity index (χ1n) is 7.28. The molecule has 0 saturated carbocycles. The van der Waals surface area contributed by atoms with Gasteiger partial charge in [0.2, 0.25) is 10.0 Å². The SMILES string of the molecule is Cc1cc(CN)cc(S(=O)(=O)N2CC(C)CCC2C)c1Br. The number of aryl methyl sites for hydroxylation is 1. The predicted octanol–water partition coefficient (Wildman–Crippen LogP) is 3.03. The first-order valence-corrected chi connectivity index (χ1v) is 9.51. The lowest BCUT2D eigenvalue weighted by atomic mass is 9.97. The molecule has 1 aliphatic heterocycles. The number of sulfonamides is 1. The zero-order valence-corrected chi connectivity index (χ0v) is 15.2. The summed E-state index contributed by atoms with van der Waals surface area (Å²) >= 11 is 3.43. The maximum absolute atomic E-state index is 13.0. The van der Waals surface area contributed by atoms with Gasteiger partial charge in [-0.25, -0.2) is 8.42 Å². The Labute approximate surface area is 135 Å². The van der Waals surface area contributed by atoms with Crippen LogP contribution in [-0.2, 0) is 16.6 Å². The summed E-state index contributed by atoms with van der Waals surface area (Å²) in [6, 6.07) is 3.66. The zero-order chi connectivity index (χ0) is 15.8. The molecule has 0 radical (unpaired) electrons. The third-order valence-corrected chi connectivity index (χ3v) is 7.48. The van der Waals surface area contributed by atoms with Crippen molar-refractivity contribution < 1.29 is 8.42 Å². The summed E-state index contributed by atoms with van der Waals surface area (Å²) in [6.45, 7) is 6.90. The highest BCUT2D eigenvalue weighted by molar-refractivity contribution is 9.10. The molecule has 0 aliphatic carbocycles. The van der Waals surface area contributed by atoms with Crippen LogP contribution in [0.2, 0.25) is 0 Å². The Morgan fingerprint density at radius 2 is 2.00 bits per heavy atom. The van der Waals surface area contributed by atoms with E-state index in [4.69, 9.17) is 5.73 Å². The number of rotatable bonds is 3. The van der Waals surface area contributed by atoms with Crippen LogP contribution < -0.4 is 5.73 Å². The van der Waals surface area contributed by atoms with Crippen LogP contribution in [0, 0.1) is 12.8 Å². The van der Waals surface area contributed by atoms with Crippen LogP contribution in [0.1, 0.15) is 37.8 Å². The number of halogens is 1. The molecule has 0 bridgehead atoms. The molecule has 2 rings (SSSR count). The predicted molar refractivity (Wildman–Crippen MR) is 88.5 cm³/mol. The van der Waals surface area contributed by atoms with Gasteiger partial charge in [0.25, 0.3) is 0 Å². The van der Waals surface area contributed by atoms with Gasteiger partial charge in [-0.1, -0.05) is 13.0 Å². The molecule has 1 aliphatic rings. The Hall–Kier alpha value is -0.430. The van der Waals surface area contributed by atoms with Crippen molar-refractivity contribution in [3.8, 4) is 0 Å². The van der Waals surface area contributed by atoms with E-state index in [9.17, 15) is 8.42 Å². The molecule has 21 heavy (non-hydrogen) atoms. The molecule has 0 amide bonds. The molecule has 2 unspecified atom stereocenters. The third-order valence-electron chi connectivity index (χ3n) is 4.16. The average molecular weight is 375 g/mol. The first kappa shape index (κ1) is 16.9. The molecule has 1 aromatic rings. The highest BCUT2D eigenvalue weighted by atomic mass is 79.9. The van der Waals surface area contributed by atoms with Crippen molar-refractivity contribution in [3.05, 3.63) is 27.7 Å². The summed E-state index contributed by atoms with van der Waals surface area (Å²) in [7, 11) is -3.50. The molecule has 1 aromatic carbocycles. The Bertz CT molecular complexity index is 631. The van der Waals surface area contributed by atoms with Crippen LogP contribution >= 0.6 is 15.9 Å². The monoisotopic (exact) mass is 374 g/mol. The first-order chi connectivity index (χ1) is 9.77. The topological polar surface area (TPSA) is 63.4 Å². The lowest BCUT2D eigenvalue weighted by Crippen LogP contribution is -2.44. The Morgan fingerprint density at radius 3 is 2.62 bits per heavy atom. The third kappa shape index (κ3) is 3.33. The van der Waals surface area contributed by atoms with Gasteiger partial charge in [-0.05, 0) is 65.7 Å². The van der Waals surface area contributed by atoms with Crippen molar-refractivity contribution in [1.29, 1.82) is 0 Å². The molecule has 118 valence electrons. The van der Waals surface area contributed by atoms with Gasteiger partial charge in [0.1, 0.15) is 0 Å². The fourth-order valence-corrected chi connectivity index (χ4v) is 5.64. The fraction of sp³-hybridized carbons (Fsp3) is 0.600.